The topological polar surface area (TPSA) is 92.5 Å². The number of amides is 1. The molecule has 0 bridgehead atoms. The van der Waals surface area contributed by atoms with Crippen LogP contribution in [0.1, 0.15) is 40.4 Å². The first-order valence-corrected chi connectivity index (χ1v) is 7.95. The summed E-state index contributed by atoms with van der Waals surface area (Å²) in [6.45, 7) is 8.53. The fraction of sp³-hybridized carbons (Fsp3) is 0.692. The summed E-state index contributed by atoms with van der Waals surface area (Å²) in [4.78, 5) is 12.2. The zero-order valence-electron chi connectivity index (χ0n) is 13.5. The molecule has 0 saturated heterocycles. The highest BCUT2D eigenvalue weighted by Crippen LogP contribution is 2.26. The average Bonchev–Trinajstić information content (AvgIpc) is 2.76. The van der Waals surface area contributed by atoms with E-state index in [2.05, 4.69) is 10.5 Å². The molecule has 0 spiro atoms. The fourth-order valence-corrected chi connectivity index (χ4v) is 2.73. The molecule has 0 fully saturated rings. The maximum Gasteiger partial charge on any atom is 0.247 e. The van der Waals surface area contributed by atoms with Gasteiger partial charge in [-0.15, -0.1) is 0 Å². The minimum atomic E-state index is -3.75. The highest BCUT2D eigenvalue weighted by molar-refractivity contribution is 7.91. The maximum absolute atomic E-state index is 12.2. The molecule has 0 aromatic carbocycles. The number of sulfonamides is 1. The van der Waals surface area contributed by atoms with Gasteiger partial charge in [-0.3, -0.25) is 4.79 Å². The van der Waals surface area contributed by atoms with Crippen molar-refractivity contribution in [2.24, 2.45) is 0 Å². The molecule has 0 aliphatic carbocycles. The van der Waals surface area contributed by atoms with E-state index in [1.807, 2.05) is 20.8 Å². The second-order valence-corrected chi connectivity index (χ2v) is 9.28. The predicted octanol–water partition coefficient (Wildman–Crippen LogP) is 1.58. The van der Waals surface area contributed by atoms with Gasteiger partial charge >= 0.3 is 0 Å². The quantitative estimate of drug-likeness (QED) is 0.910. The lowest BCUT2D eigenvalue weighted by Crippen LogP contribution is -2.49. The summed E-state index contributed by atoms with van der Waals surface area (Å²) in [7, 11) is -0.980. The van der Waals surface area contributed by atoms with Crippen molar-refractivity contribution < 1.29 is 17.7 Å². The van der Waals surface area contributed by atoms with Crippen LogP contribution in [0.2, 0.25) is 0 Å². The molecule has 0 radical (unpaired) electrons. The van der Waals surface area contributed by atoms with E-state index in [1.54, 1.807) is 6.07 Å². The Labute approximate surface area is 125 Å². The van der Waals surface area contributed by atoms with Crippen LogP contribution in [0.15, 0.2) is 10.6 Å². The lowest BCUT2D eigenvalue weighted by Gasteiger charge is -2.26. The molecule has 1 heterocycles. The molecule has 1 aromatic rings. The Morgan fingerprint density at radius 3 is 2.14 bits per heavy atom. The van der Waals surface area contributed by atoms with Crippen molar-refractivity contribution in [1.82, 2.24) is 9.46 Å². The zero-order valence-corrected chi connectivity index (χ0v) is 14.3. The molecule has 0 unspecified atom stereocenters. The number of carbonyl (C=O) groups is 1. The van der Waals surface area contributed by atoms with E-state index in [-0.39, 0.29) is 11.2 Å². The van der Waals surface area contributed by atoms with E-state index >= 15 is 0 Å². The minimum Gasteiger partial charge on any atom is -0.359 e. The number of nitrogens with one attached hydrogen (secondary N) is 1. The Bertz CT molecular complexity index is 624. The van der Waals surface area contributed by atoms with Gasteiger partial charge < -0.3 is 9.84 Å². The van der Waals surface area contributed by atoms with Crippen LogP contribution in [0, 0.1) is 0 Å². The Kier molecular flexibility index (Phi) is 4.55. The van der Waals surface area contributed by atoms with Gasteiger partial charge in [0.25, 0.3) is 0 Å². The summed E-state index contributed by atoms with van der Waals surface area (Å²) in [5, 5.41) is 6.23. The normalized spacial score (nSPS) is 13.5. The molecule has 120 valence electrons. The Morgan fingerprint density at radius 1 is 1.24 bits per heavy atom. The van der Waals surface area contributed by atoms with Gasteiger partial charge in [0.2, 0.25) is 15.9 Å². The highest BCUT2D eigenvalue weighted by Gasteiger charge is 2.43. The van der Waals surface area contributed by atoms with Crippen molar-refractivity contribution in [1.29, 1.82) is 0 Å². The van der Waals surface area contributed by atoms with E-state index in [0.29, 0.717) is 5.76 Å². The van der Waals surface area contributed by atoms with Gasteiger partial charge in [0.1, 0.15) is 5.76 Å². The summed E-state index contributed by atoms with van der Waals surface area (Å²) in [5.41, 5.74) is -0.249. The Balaban J connectivity index is 2.99. The minimum absolute atomic E-state index is 0.201. The van der Waals surface area contributed by atoms with Crippen molar-refractivity contribution in [2.75, 3.05) is 19.4 Å². The molecular formula is C13H23N3O4S. The van der Waals surface area contributed by atoms with E-state index in [9.17, 15) is 13.2 Å². The largest absolute Gasteiger partial charge is 0.359 e. The molecule has 21 heavy (non-hydrogen) atoms. The monoisotopic (exact) mass is 317 g/mol. The second-order valence-electron chi connectivity index (χ2n) is 6.58. The number of hydrogen-bond acceptors (Lipinski definition) is 5. The van der Waals surface area contributed by atoms with E-state index in [0.717, 1.165) is 4.31 Å². The van der Waals surface area contributed by atoms with E-state index < -0.39 is 20.7 Å². The van der Waals surface area contributed by atoms with Gasteiger partial charge in [-0.1, -0.05) is 25.9 Å². The van der Waals surface area contributed by atoms with Gasteiger partial charge in [0.15, 0.2) is 10.6 Å². The summed E-state index contributed by atoms with van der Waals surface area (Å²) < 4.78 is 28.9. The number of aromatic nitrogens is 1. The molecule has 1 rings (SSSR count). The van der Waals surface area contributed by atoms with Crippen LogP contribution in [0.4, 0.5) is 5.82 Å². The highest BCUT2D eigenvalue weighted by atomic mass is 32.2. The molecule has 1 aromatic heterocycles. The number of anilines is 1. The number of carbonyl (C=O) groups excluding carboxylic acids is 1. The third-order valence-corrected chi connectivity index (χ3v) is 5.60. The molecule has 0 atom stereocenters. The SMILES string of the molecule is CN(C)S(=O)(=O)C(C)(C)C(=O)Nc1cc(C(C)(C)C)on1. The summed E-state index contributed by atoms with van der Waals surface area (Å²) in [6.07, 6.45) is 0. The number of rotatable bonds is 4. The van der Waals surface area contributed by atoms with Crippen LogP contribution < -0.4 is 5.32 Å². The summed E-state index contributed by atoms with van der Waals surface area (Å²) >= 11 is 0. The van der Waals surface area contributed by atoms with Crippen LogP contribution in [0.25, 0.3) is 0 Å². The molecule has 0 aliphatic heterocycles. The average molecular weight is 317 g/mol. The van der Waals surface area contributed by atoms with E-state index in [4.69, 9.17) is 4.52 Å². The summed E-state index contributed by atoms with van der Waals surface area (Å²) in [5.74, 6) is 0.142. The second kappa shape index (κ2) is 5.42. The first kappa shape index (κ1) is 17.6. The number of nitrogens with zero attached hydrogens (tertiary/aromatic N) is 2. The number of hydrogen-bond donors (Lipinski definition) is 1. The van der Waals surface area contributed by atoms with Crippen molar-refractivity contribution in [3.63, 3.8) is 0 Å². The first-order chi connectivity index (χ1) is 9.30. The van der Waals surface area contributed by atoms with Crippen LogP contribution in [-0.4, -0.2) is 42.6 Å². The molecule has 1 N–H and O–H groups in total. The predicted molar refractivity (Wildman–Crippen MR) is 80.5 cm³/mol. The smallest absolute Gasteiger partial charge is 0.247 e. The summed E-state index contributed by atoms with van der Waals surface area (Å²) in [6, 6.07) is 1.59. The third kappa shape index (κ3) is 3.44. The van der Waals surface area contributed by atoms with Crippen molar-refractivity contribution >= 4 is 21.7 Å². The van der Waals surface area contributed by atoms with Gasteiger partial charge in [0.05, 0.1) is 0 Å². The van der Waals surface area contributed by atoms with Crippen molar-refractivity contribution in [3.8, 4) is 0 Å². The van der Waals surface area contributed by atoms with Crippen LogP contribution in [0.5, 0.6) is 0 Å². The van der Waals surface area contributed by atoms with Crippen LogP contribution in [-0.2, 0) is 20.2 Å². The van der Waals surface area contributed by atoms with Crippen molar-refractivity contribution in [3.05, 3.63) is 11.8 Å². The van der Waals surface area contributed by atoms with Crippen LogP contribution in [0.3, 0.4) is 0 Å². The standard InChI is InChI=1S/C13H23N3O4S/c1-12(2,3)9-8-10(15-20-9)14-11(17)13(4,5)21(18,19)16(6)7/h8H,1-7H3,(H,14,15,17). The van der Waals surface area contributed by atoms with Gasteiger partial charge in [-0.05, 0) is 13.8 Å². The molecule has 1 amide bonds. The molecule has 0 saturated carbocycles. The lowest BCUT2D eigenvalue weighted by atomic mass is 9.93. The van der Waals surface area contributed by atoms with Gasteiger partial charge in [-0.25, -0.2) is 12.7 Å². The van der Waals surface area contributed by atoms with Gasteiger partial charge in [0, 0.05) is 25.6 Å². The van der Waals surface area contributed by atoms with Crippen LogP contribution >= 0.6 is 0 Å². The Morgan fingerprint density at radius 2 is 1.76 bits per heavy atom. The zero-order chi connectivity index (χ0) is 16.6. The molecule has 8 heteroatoms. The van der Waals surface area contributed by atoms with E-state index in [1.165, 1.54) is 27.9 Å². The molecular weight excluding hydrogens is 294 g/mol. The van der Waals surface area contributed by atoms with Gasteiger partial charge in [-0.2, -0.15) is 0 Å². The third-order valence-electron chi connectivity index (χ3n) is 3.16. The molecule has 0 aliphatic rings. The molecule has 7 nitrogen and oxygen atoms in total. The fourth-order valence-electron chi connectivity index (χ4n) is 1.53. The first-order valence-electron chi connectivity index (χ1n) is 6.51. The Hall–Kier alpha value is -1.41. The maximum atomic E-state index is 12.2. The van der Waals surface area contributed by atoms with Crippen molar-refractivity contribution in [2.45, 2.75) is 44.8 Å². The lowest BCUT2D eigenvalue weighted by molar-refractivity contribution is -0.118.